The maximum Gasteiger partial charge on any atom is 0.321 e. The van der Waals surface area contributed by atoms with Crippen molar-refractivity contribution >= 4 is 11.9 Å². The van der Waals surface area contributed by atoms with Crippen molar-refractivity contribution in [2.24, 2.45) is 0 Å². The van der Waals surface area contributed by atoms with Gasteiger partial charge in [-0.05, 0) is 12.8 Å². The molecule has 5 heteroatoms. The quantitative estimate of drug-likeness (QED) is 0.757. The molecule has 1 aromatic heterocycles. The second-order valence-corrected chi connectivity index (χ2v) is 4.16. The Kier molecular flexibility index (Phi) is 3.80. The van der Waals surface area contributed by atoms with Crippen LogP contribution in [0.25, 0.3) is 0 Å². The van der Waals surface area contributed by atoms with Crippen LogP contribution in [0.4, 0.5) is 10.7 Å². The van der Waals surface area contributed by atoms with Gasteiger partial charge in [0.1, 0.15) is 0 Å². The molecule has 1 aromatic rings. The lowest BCUT2D eigenvalue weighted by Crippen LogP contribution is -2.37. The Morgan fingerprint density at radius 1 is 1.31 bits per heavy atom. The molecular weight excluding hydrogens is 206 g/mol. The van der Waals surface area contributed by atoms with Gasteiger partial charge in [-0.25, -0.2) is 4.79 Å². The minimum atomic E-state index is -0.205. The van der Waals surface area contributed by atoms with E-state index >= 15 is 0 Å². The summed E-state index contributed by atoms with van der Waals surface area (Å²) in [4.78, 5) is 11.6. The third kappa shape index (κ3) is 3.25. The lowest BCUT2D eigenvalue weighted by Gasteiger charge is -2.15. The smallest absolute Gasteiger partial charge is 0.321 e. The van der Waals surface area contributed by atoms with Gasteiger partial charge in [0.2, 0.25) is 5.88 Å². The third-order valence-electron chi connectivity index (χ3n) is 2.86. The van der Waals surface area contributed by atoms with Gasteiger partial charge in [0, 0.05) is 12.1 Å². The topological polar surface area (TPSA) is 67.2 Å². The summed E-state index contributed by atoms with van der Waals surface area (Å²) >= 11 is 0. The number of carbonyl (C=O) groups excluding carboxylic acids is 1. The second-order valence-electron chi connectivity index (χ2n) is 4.16. The predicted octanol–water partition coefficient (Wildman–Crippen LogP) is 2.52. The van der Waals surface area contributed by atoms with Crippen LogP contribution in [0.2, 0.25) is 0 Å². The lowest BCUT2D eigenvalue weighted by molar-refractivity contribution is 0.246. The average Bonchev–Trinajstić information content (AvgIpc) is 2.62. The van der Waals surface area contributed by atoms with Gasteiger partial charge in [-0.3, -0.25) is 5.32 Å². The highest BCUT2D eigenvalue weighted by atomic mass is 16.5. The molecule has 0 bridgehead atoms. The van der Waals surface area contributed by atoms with Crippen molar-refractivity contribution in [2.45, 2.75) is 44.6 Å². The van der Waals surface area contributed by atoms with E-state index in [1.807, 2.05) is 0 Å². The number of hydrogen-bond donors (Lipinski definition) is 2. The van der Waals surface area contributed by atoms with Crippen molar-refractivity contribution in [3.8, 4) is 0 Å². The van der Waals surface area contributed by atoms with Crippen LogP contribution in [0.1, 0.15) is 38.5 Å². The van der Waals surface area contributed by atoms with E-state index in [0.29, 0.717) is 11.9 Å². The zero-order valence-corrected chi connectivity index (χ0v) is 9.24. The number of rotatable bonds is 2. The molecule has 2 N–H and O–H groups in total. The molecule has 0 aliphatic heterocycles. The van der Waals surface area contributed by atoms with E-state index in [0.717, 1.165) is 12.8 Å². The van der Waals surface area contributed by atoms with Gasteiger partial charge < -0.3 is 9.84 Å². The van der Waals surface area contributed by atoms with E-state index in [2.05, 4.69) is 15.8 Å². The maximum absolute atomic E-state index is 11.6. The molecule has 0 radical (unpaired) electrons. The van der Waals surface area contributed by atoms with Crippen molar-refractivity contribution in [3.63, 3.8) is 0 Å². The summed E-state index contributed by atoms with van der Waals surface area (Å²) in [5, 5.41) is 9.09. The number of hydrogen-bond acceptors (Lipinski definition) is 3. The second kappa shape index (κ2) is 5.53. The fourth-order valence-electron chi connectivity index (χ4n) is 2.04. The van der Waals surface area contributed by atoms with E-state index < -0.39 is 0 Å². The number of carbonyl (C=O) groups is 1. The van der Waals surface area contributed by atoms with Gasteiger partial charge in [0.05, 0.1) is 6.20 Å². The van der Waals surface area contributed by atoms with E-state index in [9.17, 15) is 4.79 Å². The number of amides is 2. The Morgan fingerprint density at radius 3 is 2.69 bits per heavy atom. The van der Waals surface area contributed by atoms with E-state index in [1.54, 1.807) is 6.07 Å². The summed E-state index contributed by atoms with van der Waals surface area (Å²) < 4.78 is 4.80. The van der Waals surface area contributed by atoms with Gasteiger partial charge in [-0.1, -0.05) is 30.8 Å². The van der Waals surface area contributed by atoms with Gasteiger partial charge >= 0.3 is 6.03 Å². The fraction of sp³-hybridized carbons (Fsp3) is 0.636. The molecule has 2 rings (SSSR count). The molecule has 0 unspecified atom stereocenters. The largest absolute Gasteiger partial charge is 0.338 e. The van der Waals surface area contributed by atoms with Crippen molar-refractivity contribution < 1.29 is 9.32 Å². The predicted molar refractivity (Wildman–Crippen MR) is 60.1 cm³/mol. The van der Waals surface area contributed by atoms with Crippen molar-refractivity contribution in [1.29, 1.82) is 0 Å². The summed E-state index contributed by atoms with van der Waals surface area (Å²) in [5.41, 5.74) is 0. The van der Waals surface area contributed by atoms with E-state index in [-0.39, 0.29) is 6.03 Å². The summed E-state index contributed by atoms with van der Waals surface area (Å²) in [5.74, 6) is 0.381. The SMILES string of the molecule is O=C(Nc1ccno1)NC1CCCCCC1. The van der Waals surface area contributed by atoms with E-state index in [4.69, 9.17) is 4.52 Å². The minimum Gasteiger partial charge on any atom is -0.338 e. The minimum absolute atomic E-state index is 0.205. The molecule has 2 amide bonds. The van der Waals surface area contributed by atoms with Crippen molar-refractivity contribution in [1.82, 2.24) is 10.5 Å². The number of nitrogens with one attached hydrogen (secondary N) is 2. The van der Waals surface area contributed by atoms with Crippen LogP contribution in [0.15, 0.2) is 16.8 Å². The molecule has 88 valence electrons. The van der Waals surface area contributed by atoms with Gasteiger partial charge in [0.15, 0.2) is 0 Å². The van der Waals surface area contributed by atoms with Crippen LogP contribution in [0.3, 0.4) is 0 Å². The molecule has 5 nitrogen and oxygen atoms in total. The zero-order chi connectivity index (χ0) is 11.2. The number of anilines is 1. The van der Waals surface area contributed by atoms with Gasteiger partial charge in [0.25, 0.3) is 0 Å². The maximum atomic E-state index is 11.6. The molecule has 16 heavy (non-hydrogen) atoms. The highest BCUT2D eigenvalue weighted by molar-refractivity contribution is 5.87. The Labute approximate surface area is 94.6 Å². The van der Waals surface area contributed by atoms with Crippen LogP contribution < -0.4 is 10.6 Å². The highest BCUT2D eigenvalue weighted by Gasteiger charge is 2.14. The molecule has 0 aromatic carbocycles. The first-order valence-electron chi connectivity index (χ1n) is 5.83. The summed E-state index contributed by atoms with van der Waals surface area (Å²) in [7, 11) is 0. The molecule has 1 heterocycles. The number of nitrogens with zero attached hydrogens (tertiary/aromatic N) is 1. The summed E-state index contributed by atoms with van der Waals surface area (Å²) in [6.45, 7) is 0. The van der Waals surface area contributed by atoms with Crippen LogP contribution in [-0.2, 0) is 0 Å². The molecule has 1 saturated carbocycles. The standard InChI is InChI=1S/C11H17N3O2/c15-11(14-10-7-8-12-16-10)13-9-5-3-1-2-4-6-9/h7-9H,1-6H2,(H2,13,14,15). The Bertz CT molecular complexity index is 316. The molecular formula is C11H17N3O2. The first-order valence-corrected chi connectivity index (χ1v) is 5.83. The van der Waals surface area contributed by atoms with Crippen molar-refractivity contribution in [3.05, 3.63) is 12.3 Å². The lowest BCUT2D eigenvalue weighted by atomic mass is 10.1. The van der Waals surface area contributed by atoms with E-state index in [1.165, 1.54) is 31.9 Å². The summed E-state index contributed by atoms with van der Waals surface area (Å²) in [6, 6.07) is 1.71. The van der Waals surface area contributed by atoms with Crippen LogP contribution in [-0.4, -0.2) is 17.2 Å². The molecule has 0 atom stereocenters. The van der Waals surface area contributed by atoms with Crippen molar-refractivity contribution in [2.75, 3.05) is 5.32 Å². The monoisotopic (exact) mass is 223 g/mol. The number of urea groups is 1. The Hall–Kier alpha value is -1.52. The first kappa shape index (κ1) is 11.0. The molecule has 1 aliphatic carbocycles. The molecule has 0 saturated heterocycles. The molecule has 1 fully saturated rings. The van der Waals surface area contributed by atoms with Crippen LogP contribution in [0, 0.1) is 0 Å². The Balaban J connectivity index is 1.77. The third-order valence-corrected chi connectivity index (χ3v) is 2.86. The normalized spacial score (nSPS) is 17.8. The van der Waals surface area contributed by atoms with Gasteiger partial charge in [-0.15, -0.1) is 0 Å². The molecule has 1 aliphatic rings. The van der Waals surface area contributed by atoms with Crippen LogP contribution in [0.5, 0.6) is 0 Å². The summed E-state index contributed by atoms with van der Waals surface area (Å²) in [6.07, 6.45) is 8.61. The zero-order valence-electron chi connectivity index (χ0n) is 9.24. The first-order chi connectivity index (χ1) is 7.84. The molecule has 0 spiro atoms. The Morgan fingerprint density at radius 2 is 2.06 bits per heavy atom. The van der Waals surface area contributed by atoms with Gasteiger partial charge in [-0.2, -0.15) is 0 Å². The highest BCUT2D eigenvalue weighted by Crippen LogP contribution is 2.17. The fourth-order valence-corrected chi connectivity index (χ4v) is 2.04. The average molecular weight is 223 g/mol. The van der Waals surface area contributed by atoms with Crippen LogP contribution >= 0.6 is 0 Å². The number of aromatic nitrogens is 1.